The number of morpholine rings is 1. The zero-order valence-corrected chi connectivity index (χ0v) is 24.2. The van der Waals surface area contributed by atoms with Crippen LogP contribution in [0.1, 0.15) is 25.8 Å². The topological polar surface area (TPSA) is 92.9 Å². The number of nitriles is 1. The highest BCUT2D eigenvalue weighted by Crippen LogP contribution is 2.46. The van der Waals surface area contributed by atoms with Crippen molar-refractivity contribution in [3.05, 3.63) is 69.9 Å². The molecule has 1 saturated heterocycles. The van der Waals surface area contributed by atoms with E-state index < -0.39 is 5.54 Å². The lowest BCUT2D eigenvalue weighted by molar-refractivity contribution is -0.141. The van der Waals surface area contributed by atoms with Gasteiger partial charge in [0.2, 0.25) is 0 Å². The second kappa shape index (κ2) is 10.9. The average molecular weight is 570 g/mol. The lowest BCUT2D eigenvalue weighted by Gasteiger charge is -2.42. The molecular formula is C31H31N5O4S. The van der Waals surface area contributed by atoms with E-state index in [1.54, 1.807) is 29.3 Å². The maximum Gasteiger partial charge on any atom is 0.262 e. The quantitative estimate of drug-likeness (QED) is 0.391. The molecule has 10 heteroatoms. The summed E-state index contributed by atoms with van der Waals surface area (Å²) in [6, 6.07) is 8.21. The zero-order chi connectivity index (χ0) is 28.6. The van der Waals surface area contributed by atoms with Crippen LogP contribution in [0.4, 0.5) is 5.69 Å². The van der Waals surface area contributed by atoms with E-state index in [9.17, 15) is 4.79 Å². The highest BCUT2D eigenvalue weighted by molar-refractivity contribution is 7.08. The standard InChI is InChI=1S/C31H31N5O4S/c1-31(2)20-39-12-11-36(31)30(37)23-6-4-10-35(22-7-13-41-19-22)29-25-14-24(21-16-33-34(17-21)9-5-8-32)27(38-3)15-28(25)40-18-26(23)29/h4,7,13-17,19H,5,9-12,18,20H2,1-3H3. The number of carbonyl (C=O) groups excluding carboxylic acids is 1. The third kappa shape index (κ3) is 4.93. The van der Waals surface area contributed by atoms with Crippen LogP contribution in [-0.2, 0) is 16.1 Å². The lowest BCUT2D eigenvalue weighted by atomic mass is 9.92. The molecule has 0 atom stereocenters. The van der Waals surface area contributed by atoms with E-state index >= 15 is 0 Å². The Hall–Kier alpha value is -4.29. The van der Waals surface area contributed by atoms with Gasteiger partial charge in [0.25, 0.3) is 5.91 Å². The maximum atomic E-state index is 14.2. The van der Waals surface area contributed by atoms with Crippen molar-refractivity contribution in [1.82, 2.24) is 14.7 Å². The predicted octanol–water partition coefficient (Wildman–Crippen LogP) is 4.88. The Balaban J connectivity index is 1.51. The first-order valence-corrected chi connectivity index (χ1v) is 14.5. The van der Waals surface area contributed by atoms with Crippen LogP contribution in [0.3, 0.4) is 0 Å². The first kappa shape index (κ1) is 26.9. The molecular weight excluding hydrogens is 538 g/mol. The molecule has 0 unspecified atom stereocenters. The van der Waals surface area contributed by atoms with E-state index in [2.05, 4.69) is 44.7 Å². The largest absolute Gasteiger partial charge is 0.496 e. The van der Waals surface area contributed by atoms with Crippen LogP contribution in [0.2, 0.25) is 0 Å². The highest BCUT2D eigenvalue weighted by atomic mass is 32.1. The molecule has 2 aromatic heterocycles. The van der Waals surface area contributed by atoms with Crippen molar-refractivity contribution in [3.63, 3.8) is 0 Å². The number of benzene rings is 1. The van der Waals surface area contributed by atoms with Crippen LogP contribution in [0.15, 0.2) is 64.3 Å². The molecule has 41 heavy (non-hydrogen) atoms. The van der Waals surface area contributed by atoms with Crippen LogP contribution in [0.5, 0.6) is 11.5 Å². The number of methoxy groups -OCH3 is 1. The number of hydrogen-bond donors (Lipinski definition) is 0. The molecule has 3 aliphatic heterocycles. The van der Waals surface area contributed by atoms with Crippen molar-refractivity contribution in [2.45, 2.75) is 32.4 Å². The molecule has 1 fully saturated rings. The van der Waals surface area contributed by atoms with Crippen molar-refractivity contribution in [2.24, 2.45) is 0 Å². The number of thiophene rings is 1. The second-order valence-corrected chi connectivity index (χ2v) is 11.5. The number of amides is 1. The van der Waals surface area contributed by atoms with Crippen molar-refractivity contribution >= 4 is 28.6 Å². The van der Waals surface area contributed by atoms with E-state index in [1.165, 1.54) is 0 Å². The minimum Gasteiger partial charge on any atom is -0.496 e. The van der Waals surface area contributed by atoms with E-state index in [1.807, 2.05) is 37.1 Å². The predicted molar refractivity (Wildman–Crippen MR) is 157 cm³/mol. The number of fused-ring (bicyclic) bond motifs is 2. The summed E-state index contributed by atoms with van der Waals surface area (Å²) in [5.41, 5.74) is 8.75. The summed E-state index contributed by atoms with van der Waals surface area (Å²) in [5.74, 6) is 1.26. The molecule has 0 saturated carbocycles. The Labute approximate surface area is 243 Å². The van der Waals surface area contributed by atoms with Crippen LogP contribution >= 0.6 is 11.3 Å². The van der Waals surface area contributed by atoms with Gasteiger partial charge in [0.15, 0.2) is 0 Å². The monoisotopic (exact) mass is 569 g/mol. The highest BCUT2D eigenvalue weighted by Gasteiger charge is 2.39. The zero-order valence-electron chi connectivity index (χ0n) is 23.3. The Morgan fingerprint density at radius 3 is 2.95 bits per heavy atom. The van der Waals surface area contributed by atoms with Crippen molar-refractivity contribution in [3.8, 4) is 28.7 Å². The van der Waals surface area contributed by atoms with Gasteiger partial charge in [0.05, 0.1) is 68.1 Å². The molecule has 1 aromatic carbocycles. The third-order valence-electron chi connectivity index (χ3n) is 7.63. The molecule has 5 heterocycles. The van der Waals surface area contributed by atoms with Gasteiger partial charge in [-0.1, -0.05) is 0 Å². The summed E-state index contributed by atoms with van der Waals surface area (Å²) in [4.78, 5) is 18.3. The number of hydrogen-bond acceptors (Lipinski definition) is 8. The molecule has 210 valence electrons. The fourth-order valence-electron chi connectivity index (χ4n) is 5.55. The molecule has 3 aromatic rings. The molecule has 0 N–H and O–H groups in total. The van der Waals surface area contributed by atoms with E-state index in [0.29, 0.717) is 56.3 Å². The van der Waals surface area contributed by atoms with Gasteiger partial charge in [-0.3, -0.25) is 9.48 Å². The number of anilines is 1. The van der Waals surface area contributed by atoms with E-state index in [-0.39, 0.29) is 12.5 Å². The normalized spacial score (nSPS) is 17.7. The summed E-state index contributed by atoms with van der Waals surface area (Å²) in [5, 5.41) is 17.6. The van der Waals surface area contributed by atoms with Crippen molar-refractivity contribution in [2.75, 3.05) is 44.9 Å². The van der Waals surface area contributed by atoms with Gasteiger partial charge < -0.3 is 24.0 Å². The minimum absolute atomic E-state index is 0.0752. The Morgan fingerprint density at radius 2 is 2.20 bits per heavy atom. The molecule has 1 amide bonds. The number of carbonyl (C=O) groups is 1. The van der Waals surface area contributed by atoms with Gasteiger partial charge in [-0.25, -0.2) is 0 Å². The summed E-state index contributed by atoms with van der Waals surface area (Å²) in [6.07, 6.45) is 6.00. The average Bonchev–Trinajstić information content (AvgIpc) is 3.64. The van der Waals surface area contributed by atoms with Crippen LogP contribution in [0.25, 0.3) is 16.8 Å². The second-order valence-electron chi connectivity index (χ2n) is 10.7. The number of aryl methyl sites for hydroxylation is 1. The maximum absolute atomic E-state index is 14.2. The molecule has 0 aliphatic carbocycles. The molecule has 0 radical (unpaired) electrons. The van der Waals surface area contributed by atoms with Gasteiger partial charge in [-0.05, 0) is 37.4 Å². The Kier molecular flexibility index (Phi) is 7.18. The SMILES string of the molecule is COc1cc2c(cc1-c1cnn(CCC#N)c1)C1=C(CO2)C(C(=O)N2CCOCC2(C)C)=C=CCN1c1ccsc1. The minimum atomic E-state index is -0.441. The summed E-state index contributed by atoms with van der Waals surface area (Å²) < 4.78 is 19.6. The van der Waals surface area contributed by atoms with E-state index in [4.69, 9.17) is 19.5 Å². The van der Waals surface area contributed by atoms with Gasteiger partial charge in [0.1, 0.15) is 18.1 Å². The van der Waals surface area contributed by atoms with Gasteiger partial charge in [-0.15, -0.1) is 5.73 Å². The summed E-state index contributed by atoms with van der Waals surface area (Å²) in [7, 11) is 1.63. The smallest absolute Gasteiger partial charge is 0.262 e. The van der Waals surface area contributed by atoms with E-state index in [0.717, 1.165) is 33.6 Å². The van der Waals surface area contributed by atoms with Crippen molar-refractivity contribution in [1.29, 1.82) is 5.26 Å². The number of aromatic nitrogens is 2. The molecule has 3 aliphatic rings. The van der Waals surface area contributed by atoms with Crippen molar-refractivity contribution < 1.29 is 19.0 Å². The number of nitrogens with zero attached hydrogens (tertiary/aromatic N) is 5. The fourth-order valence-corrected chi connectivity index (χ4v) is 6.19. The van der Waals surface area contributed by atoms with Crippen LogP contribution in [0, 0.1) is 11.3 Å². The Bertz CT molecular complexity index is 1620. The van der Waals surface area contributed by atoms with Gasteiger partial charge in [0, 0.05) is 53.0 Å². The molecule has 9 nitrogen and oxygen atoms in total. The lowest BCUT2D eigenvalue weighted by Crippen LogP contribution is -2.56. The van der Waals surface area contributed by atoms with Crippen LogP contribution in [-0.4, -0.2) is 66.1 Å². The first-order chi connectivity index (χ1) is 19.9. The Morgan fingerprint density at radius 1 is 1.32 bits per heavy atom. The van der Waals surface area contributed by atoms with Gasteiger partial charge in [-0.2, -0.15) is 21.7 Å². The molecule has 0 bridgehead atoms. The third-order valence-corrected chi connectivity index (χ3v) is 8.30. The van der Waals surface area contributed by atoms with Crippen LogP contribution < -0.4 is 14.4 Å². The first-order valence-electron chi connectivity index (χ1n) is 13.5. The summed E-state index contributed by atoms with van der Waals surface area (Å²) >= 11 is 1.63. The van der Waals surface area contributed by atoms with Gasteiger partial charge >= 0.3 is 0 Å². The molecule has 0 spiro atoms. The molecule has 6 rings (SSSR count). The number of rotatable bonds is 6. The number of ether oxygens (including phenoxy) is 3. The summed E-state index contributed by atoms with van der Waals surface area (Å²) in [6.45, 7) is 6.84. The fraction of sp³-hybridized carbons (Fsp3) is 0.355.